The number of hydrogen-bond donors (Lipinski definition) is 0. The number of fused-ring (bicyclic) bond motifs is 6. The fraction of sp³-hybridized carbons (Fsp3) is 0. The molecule has 0 spiro atoms. The van der Waals surface area contributed by atoms with Crippen LogP contribution in [-0.2, 0) is 0 Å². The molecule has 0 amide bonds. The van der Waals surface area contributed by atoms with Crippen molar-refractivity contribution in [1.82, 2.24) is 0 Å². The van der Waals surface area contributed by atoms with Gasteiger partial charge in [-0.25, -0.2) is 0 Å². The van der Waals surface area contributed by atoms with E-state index >= 15 is 0 Å². The zero-order chi connectivity index (χ0) is 43.5. The number of benzene rings is 7. The molecule has 172 valence electrons. The summed E-state index contributed by atoms with van der Waals surface area (Å²) in [6, 6.07) is -18.4. The molecule has 0 atom stereocenters. The van der Waals surface area contributed by atoms with Gasteiger partial charge in [0.05, 0.1) is 30.2 Å². The van der Waals surface area contributed by atoms with Crippen LogP contribution in [0.1, 0.15) is 30.2 Å². The van der Waals surface area contributed by atoms with Crippen LogP contribution in [0.3, 0.4) is 0 Å². The van der Waals surface area contributed by atoms with E-state index in [9.17, 15) is 8.22 Å². The van der Waals surface area contributed by atoms with Gasteiger partial charge >= 0.3 is 0 Å². The summed E-state index contributed by atoms with van der Waals surface area (Å²) in [6.07, 6.45) is 0. The molecule has 0 bridgehead atoms. The Balaban J connectivity index is 1.81. The Hall–Kier alpha value is -4.88. The Morgan fingerprint density at radius 3 is 1.68 bits per heavy atom. The first kappa shape index (κ1) is 8.33. The lowest BCUT2D eigenvalue weighted by atomic mass is 9.85. The van der Waals surface area contributed by atoms with Crippen LogP contribution in [0, 0.1) is 0 Å². The lowest BCUT2D eigenvalue weighted by Gasteiger charge is -2.18. The average molecular weight is 493 g/mol. The van der Waals surface area contributed by atoms with E-state index in [1.807, 2.05) is 0 Å². The first-order valence-corrected chi connectivity index (χ1v) is 10.9. The fourth-order valence-corrected chi connectivity index (χ4v) is 4.60. The molecule has 0 aliphatic rings. The van der Waals surface area contributed by atoms with Crippen LogP contribution in [0.4, 0.5) is 0 Å². The highest BCUT2D eigenvalue weighted by molar-refractivity contribution is 6.26. The topological polar surface area (TPSA) is 13.1 Å². The molecule has 1 aromatic heterocycles. The lowest BCUT2D eigenvalue weighted by molar-refractivity contribution is 0.669. The second-order valence-corrected chi connectivity index (χ2v) is 8.01. The fourth-order valence-electron chi connectivity index (χ4n) is 4.60. The molecule has 8 rings (SSSR count). The molecule has 0 aliphatic heterocycles. The molecular weight excluding hydrogens is 448 g/mol. The summed E-state index contributed by atoms with van der Waals surface area (Å²) in [5, 5.41) is -4.24. The van der Waals surface area contributed by atoms with Crippen molar-refractivity contribution in [2.75, 3.05) is 0 Å². The van der Waals surface area contributed by atoms with Gasteiger partial charge in [0.15, 0.2) is 0 Å². The highest BCUT2D eigenvalue weighted by atomic mass is 16.3. The van der Waals surface area contributed by atoms with Gasteiger partial charge in [0.2, 0.25) is 0 Å². The quantitative estimate of drug-likeness (QED) is 0.219. The number of rotatable bonds is 2. The van der Waals surface area contributed by atoms with E-state index < -0.39 is 209 Å². The maximum absolute atomic E-state index is 9.36. The van der Waals surface area contributed by atoms with Crippen LogP contribution < -0.4 is 0 Å². The molecule has 1 heterocycles. The van der Waals surface area contributed by atoms with Crippen molar-refractivity contribution in [3.8, 4) is 22.3 Å². The van der Waals surface area contributed by atoms with Crippen molar-refractivity contribution in [3.05, 3.63) is 133 Å². The SMILES string of the molecule is [2H]c1c([2H])c([2H])c(-c2c3c([2H])c([2H])c([2H])c([2H])c3c(-c3c([2H])c([2H])c([2H])c4oc5c([2H])c6c([2H])c([2H])c([2H])c([2H])c6c([2H])c5c34)c3c([2H])c([2H])c([2H])c([2H])c23)c([2H])c1[2H]. The number of hydrogen-bond acceptors (Lipinski definition) is 1. The number of furan rings is 1. The van der Waals surface area contributed by atoms with Crippen LogP contribution in [0.5, 0.6) is 0 Å². The Labute approximate surface area is 245 Å². The van der Waals surface area contributed by atoms with Gasteiger partial charge in [-0.15, -0.1) is 0 Å². The first-order valence-electron chi connectivity index (χ1n) is 21.9. The minimum Gasteiger partial charge on any atom is -0.456 e. The third-order valence-electron chi connectivity index (χ3n) is 6.07. The van der Waals surface area contributed by atoms with E-state index in [1.54, 1.807) is 0 Å². The molecule has 1 nitrogen and oxygen atoms in total. The molecule has 0 saturated carbocycles. The van der Waals surface area contributed by atoms with Crippen LogP contribution in [0.15, 0.2) is 137 Å². The summed E-state index contributed by atoms with van der Waals surface area (Å²) >= 11 is 0. The summed E-state index contributed by atoms with van der Waals surface area (Å²) in [5.74, 6) is 0. The molecule has 1 heteroatoms. The van der Waals surface area contributed by atoms with Crippen LogP contribution in [0.2, 0.25) is 0 Å². The molecule has 0 aliphatic carbocycles. The molecule has 37 heavy (non-hydrogen) atoms. The second-order valence-electron chi connectivity index (χ2n) is 8.01. The smallest absolute Gasteiger partial charge is 0.136 e. The molecule has 0 radical (unpaired) electrons. The van der Waals surface area contributed by atoms with Crippen molar-refractivity contribution < 1.29 is 34.6 Å². The average Bonchev–Trinajstić information content (AvgIpc) is 3.61. The van der Waals surface area contributed by atoms with E-state index in [4.69, 9.17) is 26.3 Å². The van der Waals surface area contributed by atoms with E-state index in [1.165, 1.54) is 0 Å². The van der Waals surface area contributed by atoms with Crippen molar-refractivity contribution in [1.29, 1.82) is 0 Å². The largest absolute Gasteiger partial charge is 0.456 e. The van der Waals surface area contributed by atoms with Gasteiger partial charge in [0, 0.05) is 10.8 Å². The third kappa shape index (κ3) is 2.98. The molecule has 0 unspecified atom stereocenters. The zero-order valence-electron chi connectivity index (χ0n) is 40.4. The monoisotopic (exact) mass is 492 g/mol. The van der Waals surface area contributed by atoms with Gasteiger partial charge in [0.1, 0.15) is 11.2 Å². The Bertz CT molecular complexity index is 3240. The minimum absolute atomic E-state index is 0.431. The van der Waals surface area contributed by atoms with Crippen molar-refractivity contribution in [3.63, 3.8) is 0 Å². The van der Waals surface area contributed by atoms with Crippen molar-refractivity contribution in [2.45, 2.75) is 0 Å². The first-order chi connectivity index (χ1) is 27.5. The summed E-state index contributed by atoms with van der Waals surface area (Å²) in [4.78, 5) is 0. The Morgan fingerprint density at radius 2 is 1.00 bits per heavy atom. The van der Waals surface area contributed by atoms with Gasteiger partial charge in [-0.3, -0.25) is 0 Å². The van der Waals surface area contributed by atoms with Gasteiger partial charge < -0.3 is 4.42 Å². The molecule has 0 saturated heterocycles. The lowest BCUT2D eigenvalue weighted by Crippen LogP contribution is -1.91. The zero-order valence-corrected chi connectivity index (χ0v) is 18.4. The summed E-state index contributed by atoms with van der Waals surface area (Å²) in [5.41, 5.74) is -3.58. The molecule has 8 aromatic rings. The van der Waals surface area contributed by atoms with E-state index in [0.29, 0.717) is 0 Å². The molecule has 7 aromatic carbocycles. The summed E-state index contributed by atoms with van der Waals surface area (Å²) in [6.45, 7) is 0. The van der Waals surface area contributed by atoms with E-state index in [2.05, 4.69) is 0 Å². The molecular formula is C36H22O. The summed E-state index contributed by atoms with van der Waals surface area (Å²) < 4.78 is 200. The van der Waals surface area contributed by atoms with Gasteiger partial charge in [0.25, 0.3) is 0 Å². The minimum atomic E-state index is -0.907. The normalized spacial score (nSPS) is 20.1. The van der Waals surface area contributed by atoms with Gasteiger partial charge in [-0.2, -0.15) is 0 Å². The predicted octanol–water partition coefficient (Wildman–Crippen LogP) is 10.4. The maximum Gasteiger partial charge on any atom is 0.136 e. The van der Waals surface area contributed by atoms with E-state index in [-0.39, 0.29) is 0 Å². The van der Waals surface area contributed by atoms with Gasteiger partial charge in [-0.05, 0) is 72.7 Å². The predicted molar refractivity (Wildman–Crippen MR) is 157 cm³/mol. The Morgan fingerprint density at radius 1 is 0.432 bits per heavy atom. The molecule has 0 N–H and O–H groups in total. The van der Waals surface area contributed by atoms with Crippen molar-refractivity contribution >= 4 is 54.3 Å². The van der Waals surface area contributed by atoms with E-state index in [0.717, 1.165) is 0 Å². The van der Waals surface area contributed by atoms with Crippen molar-refractivity contribution in [2.24, 2.45) is 0 Å². The standard InChI is InChI=1S/C36H22O/c1-2-11-23(12-3-1)34-26-15-6-8-17-28(26)35(29-18-9-7-16-27(29)34)30-19-10-20-32-36(30)31-21-24-13-4-5-14-25(24)22-33(31)37-32/h1-22H/i1D,2D,3D,4D,5D,6D,7D,8D,9D,10D,11D,12D,13D,14D,15D,16D,17D,18D,19D,20D,21D,22D. The van der Waals surface area contributed by atoms with Crippen LogP contribution >= 0.6 is 0 Å². The second kappa shape index (κ2) is 7.81. The van der Waals surface area contributed by atoms with Gasteiger partial charge in [-0.1, -0.05) is 115 Å². The summed E-state index contributed by atoms with van der Waals surface area (Å²) in [7, 11) is 0. The maximum atomic E-state index is 9.36. The third-order valence-corrected chi connectivity index (χ3v) is 6.07. The molecule has 0 fully saturated rings. The van der Waals surface area contributed by atoms with Crippen LogP contribution in [0.25, 0.3) is 76.5 Å². The highest BCUT2D eigenvalue weighted by Gasteiger charge is 2.20. The highest BCUT2D eigenvalue weighted by Crippen LogP contribution is 2.47. The van der Waals surface area contributed by atoms with Crippen LogP contribution in [-0.4, -0.2) is 0 Å². The Kier molecular flexibility index (Phi) is 1.76.